The quantitative estimate of drug-likeness (QED) is 0.380. The molecule has 0 N–H and O–H groups in total. The lowest BCUT2D eigenvalue weighted by Crippen LogP contribution is -2.30. The molecule has 0 atom stereocenters. The van der Waals surface area contributed by atoms with E-state index in [4.69, 9.17) is 4.98 Å². The highest BCUT2D eigenvalue weighted by Gasteiger charge is 2.31. The first-order chi connectivity index (χ1) is 14.7. The molecule has 0 bridgehead atoms. The van der Waals surface area contributed by atoms with Gasteiger partial charge in [0.05, 0.1) is 22.3 Å². The largest absolute Gasteiger partial charge is 0.416 e. The van der Waals surface area contributed by atoms with Gasteiger partial charge in [0.15, 0.2) is 5.13 Å². The van der Waals surface area contributed by atoms with Gasteiger partial charge in [-0.15, -0.1) is 0 Å². The smallest absolute Gasteiger partial charge is 0.279 e. The average Bonchev–Trinajstić information content (AvgIpc) is 3.19. The number of carbonyl (C=O) groups is 1. The van der Waals surface area contributed by atoms with E-state index in [1.54, 1.807) is 18.5 Å². The van der Waals surface area contributed by atoms with Crippen LogP contribution in [0.2, 0.25) is 0 Å². The number of hydrogen-bond donors (Lipinski definition) is 0. The predicted octanol–water partition coefficient (Wildman–Crippen LogP) is 6.17. The molecule has 8 heteroatoms. The number of aromatic nitrogens is 2. The summed E-state index contributed by atoms with van der Waals surface area (Å²) in [7, 11) is 0. The monoisotopic (exact) mass is 441 g/mol. The summed E-state index contributed by atoms with van der Waals surface area (Å²) >= 11 is 1.37. The molecule has 158 valence electrons. The van der Waals surface area contributed by atoms with Crippen molar-refractivity contribution < 1.29 is 18.0 Å². The zero-order valence-corrected chi connectivity index (χ0v) is 17.6. The number of anilines is 1. The molecule has 31 heavy (non-hydrogen) atoms. The van der Waals surface area contributed by atoms with Crippen LogP contribution in [-0.4, -0.2) is 15.9 Å². The number of alkyl halides is 3. The molecule has 2 aromatic heterocycles. The number of fused-ring (bicyclic) bond motifs is 1. The van der Waals surface area contributed by atoms with E-state index in [9.17, 15) is 18.0 Å². The molecule has 1 amide bonds. The van der Waals surface area contributed by atoms with Crippen LogP contribution in [0.15, 0.2) is 60.9 Å². The molecule has 2 aromatic carbocycles. The van der Waals surface area contributed by atoms with Crippen LogP contribution in [0, 0.1) is 13.8 Å². The van der Waals surface area contributed by atoms with Crippen LogP contribution in [0.25, 0.3) is 10.2 Å². The first kappa shape index (κ1) is 21.0. The van der Waals surface area contributed by atoms with E-state index in [-0.39, 0.29) is 12.1 Å². The second-order valence-electron chi connectivity index (χ2n) is 7.18. The number of amides is 1. The number of halogens is 3. The number of aryl methyl sites for hydroxylation is 2. The highest BCUT2D eigenvalue weighted by atomic mass is 32.1. The number of carbonyl (C=O) groups excluding carboxylic acids is 1. The highest BCUT2D eigenvalue weighted by Crippen LogP contribution is 2.34. The number of nitrogens with zero attached hydrogens (tertiary/aromatic N) is 3. The van der Waals surface area contributed by atoms with Crippen LogP contribution in [0.4, 0.5) is 18.3 Å². The fourth-order valence-electron chi connectivity index (χ4n) is 3.19. The van der Waals surface area contributed by atoms with E-state index in [0.29, 0.717) is 5.13 Å². The second kappa shape index (κ2) is 8.11. The Balaban J connectivity index is 1.76. The molecular weight excluding hydrogens is 423 g/mol. The van der Waals surface area contributed by atoms with E-state index in [2.05, 4.69) is 4.98 Å². The van der Waals surface area contributed by atoms with Crippen molar-refractivity contribution in [3.8, 4) is 0 Å². The van der Waals surface area contributed by atoms with Crippen molar-refractivity contribution in [1.29, 1.82) is 0 Å². The van der Waals surface area contributed by atoms with E-state index in [1.165, 1.54) is 28.4 Å². The van der Waals surface area contributed by atoms with Crippen LogP contribution in [0.3, 0.4) is 0 Å². The van der Waals surface area contributed by atoms with Gasteiger partial charge in [0.1, 0.15) is 0 Å². The van der Waals surface area contributed by atoms with Crippen molar-refractivity contribution >= 4 is 32.6 Å². The summed E-state index contributed by atoms with van der Waals surface area (Å²) in [6, 6.07) is 11.8. The molecule has 0 radical (unpaired) electrons. The van der Waals surface area contributed by atoms with Crippen molar-refractivity contribution in [3.05, 3.63) is 88.7 Å². The zero-order chi connectivity index (χ0) is 22.2. The van der Waals surface area contributed by atoms with Gasteiger partial charge in [-0.3, -0.25) is 14.7 Å². The molecule has 0 aliphatic heterocycles. The third-order valence-electron chi connectivity index (χ3n) is 5.07. The van der Waals surface area contributed by atoms with Crippen LogP contribution in [-0.2, 0) is 12.7 Å². The maximum atomic E-state index is 13.3. The van der Waals surface area contributed by atoms with Gasteiger partial charge in [0.25, 0.3) is 5.91 Å². The Bertz CT molecular complexity index is 1230. The number of rotatable bonds is 4. The number of benzene rings is 2. The molecule has 0 spiro atoms. The van der Waals surface area contributed by atoms with Gasteiger partial charge in [-0.1, -0.05) is 23.5 Å². The van der Waals surface area contributed by atoms with Crippen molar-refractivity contribution in [2.75, 3.05) is 4.90 Å². The molecule has 0 saturated heterocycles. The number of hydrogen-bond acceptors (Lipinski definition) is 4. The topological polar surface area (TPSA) is 46.1 Å². The predicted molar refractivity (Wildman–Crippen MR) is 115 cm³/mol. The van der Waals surface area contributed by atoms with Crippen LogP contribution >= 0.6 is 11.3 Å². The lowest BCUT2D eigenvalue weighted by atomic mass is 10.1. The fourth-order valence-corrected chi connectivity index (χ4v) is 4.21. The third kappa shape index (κ3) is 4.29. The van der Waals surface area contributed by atoms with Crippen molar-refractivity contribution in [3.63, 3.8) is 0 Å². The summed E-state index contributed by atoms with van der Waals surface area (Å²) in [6.07, 6.45) is -1.18. The Morgan fingerprint density at radius 2 is 1.81 bits per heavy atom. The first-order valence-electron chi connectivity index (χ1n) is 9.49. The molecule has 0 saturated carbocycles. The summed E-state index contributed by atoms with van der Waals surface area (Å²) in [5.74, 6) is -0.425. The Hall–Kier alpha value is -3.26. The van der Waals surface area contributed by atoms with Crippen molar-refractivity contribution in [2.45, 2.75) is 26.6 Å². The van der Waals surface area contributed by atoms with Crippen molar-refractivity contribution in [1.82, 2.24) is 9.97 Å². The van der Waals surface area contributed by atoms with Gasteiger partial charge in [0, 0.05) is 18.0 Å². The molecule has 0 aliphatic carbocycles. The zero-order valence-electron chi connectivity index (χ0n) is 16.8. The normalized spacial score (nSPS) is 11.6. The third-order valence-corrected chi connectivity index (χ3v) is 6.12. The first-order valence-corrected chi connectivity index (χ1v) is 10.3. The molecule has 0 unspecified atom stereocenters. The summed E-state index contributed by atoms with van der Waals surface area (Å²) < 4.78 is 39.7. The second-order valence-corrected chi connectivity index (χ2v) is 8.19. The maximum Gasteiger partial charge on any atom is 0.416 e. The molecule has 0 fully saturated rings. The lowest BCUT2D eigenvalue weighted by Gasteiger charge is -2.20. The van der Waals surface area contributed by atoms with Crippen molar-refractivity contribution in [2.24, 2.45) is 0 Å². The summed E-state index contributed by atoms with van der Waals surface area (Å²) in [6.45, 7) is 4.17. The Morgan fingerprint density at radius 1 is 1.06 bits per heavy atom. The molecular formula is C23H18F3N3OS. The Labute approximate surface area is 181 Å². The molecule has 4 aromatic rings. The van der Waals surface area contributed by atoms with E-state index in [1.807, 2.05) is 32.0 Å². The SMILES string of the molecule is Cc1ccc2sc(N(Cc3cccnc3)C(=O)c3ccc(C(F)(F)F)cc3)nc2c1C. The van der Waals surface area contributed by atoms with Gasteiger partial charge < -0.3 is 0 Å². The standard InChI is InChI=1S/C23H18F3N3OS/c1-14-5-10-19-20(15(14)2)28-22(31-19)29(13-16-4-3-11-27-12-16)21(30)17-6-8-18(9-7-17)23(24,25)26/h3-12H,13H2,1-2H3. The van der Waals surface area contributed by atoms with E-state index >= 15 is 0 Å². The van der Waals surface area contributed by atoms with E-state index in [0.717, 1.165) is 39.0 Å². The highest BCUT2D eigenvalue weighted by molar-refractivity contribution is 7.22. The fraction of sp³-hybridized carbons (Fsp3) is 0.174. The van der Waals surface area contributed by atoms with Crippen LogP contribution in [0.1, 0.15) is 32.6 Å². The minimum absolute atomic E-state index is 0.157. The minimum atomic E-state index is -4.46. The molecule has 2 heterocycles. The maximum absolute atomic E-state index is 13.3. The van der Waals surface area contributed by atoms with Gasteiger partial charge in [-0.05, 0) is 66.9 Å². The lowest BCUT2D eigenvalue weighted by molar-refractivity contribution is -0.137. The van der Waals surface area contributed by atoms with Crippen LogP contribution < -0.4 is 4.90 Å². The van der Waals surface area contributed by atoms with E-state index < -0.39 is 17.6 Å². The summed E-state index contributed by atoms with van der Waals surface area (Å²) in [5, 5.41) is 0.484. The number of thiazole rings is 1. The minimum Gasteiger partial charge on any atom is -0.279 e. The van der Waals surface area contributed by atoms with Gasteiger partial charge in [-0.25, -0.2) is 4.98 Å². The van der Waals surface area contributed by atoms with Gasteiger partial charge >= 0.3 is 6.18 Å². The molecule has 0 aliphatic rings. The summed E-state index contributed by atoms with van der Waals surface area (Å²) in [5.41, 5.74) is 3.09. The van der Waals surface area contributed by atoms with Crippen LogP contribution in [0.5, 0.6) is 0 Å². The van der Waals surface area contributed by atoms with Gasteiger partial charge in [-0.2, -0.15) is 13.2 Å². The summed E-state index contributed by atoms with van der Waals surface area (Å²) in [4.78, 5) is 23.6. The molecule has 4 rings (SSSR count). The number of pyridine rings is 1. The van der Waals surface area contributed by atoms with Gasteiger partial charge in [0.2, 0.25) is 0 Å². The molecule has 4 nitrogen and oxygen atoms in total. The Morgan fingerprint density at radius 3 is 2.45 bits per heavy atom. The average molecular weight is 441 g/mol. The Kier molecular flexibility index (Phi) is 5.49.